The number of nitrogens with zero attached hydrogens (tertiary/aromatic N) is 5. The zero-order valence-corrected chi connectivity index (χ0v) is 31.8. The van der Waals surface area contributed by atoms with Crippen LogP contribution in [0.25, 0.3) is 0 Å². The van der Waals surface area contributed by atoms with Crippen molar-refractivity contribution in [2.45, 2.75) is 11.5 Å². The van der Waals surface area contributed by atoms with E-state index in [-0.39, 0.29) is 17.2 Å². The second-order valence-corrected chi connectivity index (χ2v) is 13.7. The van der Waals surface area contributed by atoms with E-state index in [9.17, 15) is 44.0 Å². The highest BCUT2D eigenvalue weighted by atomic mass is 127. The molecule has 2 aromatic heterocycles. The predicted molar refractivity (Wildman–Crippen MR) is 187 cm³/mol. The fourth-order valence-corrected chi connectivity index (χ4v) is 6.66. The van der Waals surface area contributed by atoms with E-state index in [4.69, 9.17) is 23.2 Å². The van der Waals surface area contributed by atoms with Gasteiger partial charge in [0.1, 0.15) is 23.3 Å². The first-order valence-corrected chi connectivity index (χ1v) is 19.5. The molecule has 0 radical (unpaired) electrons. The van der Waals surface area contributed by atoms with Gasteiger partial charge in [0.2, 0.25) is 20.0 Å². The standard InChI is InChI=1S/C14H12ClF2N3O4S.C13H10ClF2N3O4S.CH3I/c1-20(13-12(14(21)24-2)18-5-6-19-13)25(22,23)7-8-9(16)3-4-10(17)11(8)15;1-23-13(20)11-12(18-5-4-17-11)19-24(21,22)6-7-8(15)2-3-9(16)10(7)14;1-2/h3-6H,7H2,1-2H3;2-5H,6H2,1H3,(H,18,19);1H3. The fourth-order valence-electron chi connectivity index (χ4n) is 3.65. The number of halogens is 7. The van der Waals surface area contributed by atoms with Crippen LogP contribution >= 0.6 is 45.8 Å². The molecule has 0 atom stereocenters. The van der Waals surface area contributed by atoms with Crippen molar-refractivity contribution in [1.82, 2.24) is 19.9 Å². The molecule has 14 nitrogen and oxygen atoms in total. The van der Waals surface area contributed by atoms with Crippen molar-refractivity contribution in [1.29, 1.82) is 0 Å². The maximum atomic E-state index is 13.9. The van der Waals surface area contributed by atoms with Crippen molar-refractivity contribution in [2.24, 2.45) is 0 Å². The number of nitrogens with one attached hydrogen (secondary N) is 1. The molecule has 4 aromatic rings. The lowest BCUT2D eigenvalue weighted by molar-refractivity contribution is 0.0586. The number of aromatic nitrogens is 4. The number of alkyl halides is 1. The minimum atomic E-state index is -4.27. The molecule has 51 heavy (non-hydrogen) atoms. The molecule has 0 aliphatic rings. The number of hydrogen-bond donors (Lipinski definition) is 1. The smallest absolute Gasteiger partial charge is 0.360 e. The summed E-state index contributed by atoms with van der Waals surface area (Å²) in [7, 11) is -5.26. The number of methoxy groups -OCH3 is 2. The largest absolute Gasteiger partial charge is 0.464 e. The molecule has 0 amide bonds. The highest BCUT2D eigenvalue weighted by Gasteiger charge is 2.29. The first-order chi connectivity index (χ1) is 23.9. The van der Waals surface area contributed by atoms with Crippen LogP contribution in [0.4, 0.5) is 29.2 Å². The number of sulfonamides is 2. The van der Waals surface area contributed by atoms with Gasteiger partial charge in [-0.3, -0.25) is 9.03 Å². The SMILES string of the molecule is CI.COC(=O)c1nccnc1N(C)S(=O)(=O)Cc1c(F)ccc(F)c1Cl.COC(=O)c1nccnc1NS(=O)(=O)Cc1c(F)ccc(F)c1Cl. The molecule has 4 rings (SSSR count). The van der Waals surface area contributed by atoms with Crippen LogP contribution in [-0.4, -0.2) is 74.9 Å². The van der Waals surface area contributed by atoms with Crippen LogP contribution in [0.2, 0.25) is 10.0 Å². The highest BCUT2D eigenvalue weighted by Crippen LogP contribution is 2.28. The highest BCUT2D eigenvalue weighted by molar-refractivity contribution is 14.1. The quantitative estimate of drug-likeness (QED) is 0.0708. The Morgan fingerprint density at radius 2 is 1.14 bits per heavy atom. The summed E-state index contributed by atoms with van der Waals surface area (Å²) in [5.74, 6) is -8.33. The van der Waals surface area contributed by atoms with E-state index in [1.54, 1.807) is 0 Å². The van der Waals surface area contributed by atoms with Crippen molar-refractivity contribution in [3.8, 4) is 0 Å². The molecular weight excluding hydrogens is 886 g/mol. The Hall–Kier alpha value is -3.93. The minimum Gasteiger partial charge on any atom is -0.464 e. The third-order valence-corrected chi connectivity index (χ3v) is 9.69. The molecule has 0 fully saturated rings. The molecule has 0 saturated carbocycles. The summed E-state index contributed by atoms with van der Waals surface area (Å²) in [5.41, 5.74) is -1.80. The lowest BCUT2D eigenvalue weighted by Crippen LogP contribution is -2.31. The van der Waals surface area contributed by atoms with Crippen molar-refractivity contribution < 1.29 is 53.5 Å². The van der Waals surface area contributed by atoms with Crippen LogP contribution < -0.4 is 9.03 Å². The Kier molecular flexibility index (Phi) is 16.2. The topological polar surface area (TPSA) is 188 Å². The summed E-state index contributed by atoms with van der Waals surface area (Å²) in [5, 5.41) is -1.28. The Labute approximate surface area is 312 Å². The van der Waals surface area contributed by atoms with Crippen molar-refractivity contribution in [3.63, 3.8) is 0 Å². The molecule has 0 aliphatic heterocycles. The second-order valence-electron chi connectivity index (χ2n) is 9.19. The van der Waals surface area contributed by atoms with E-state index in [2.05, 4.69) is 52.0 Å². The summed E-state index contributed by atoms with van der Waals surface area (Å²) in [6, 6.07) is 3.09. The van der Waals surface area contributed by atoms with Gasteiger partial charge >= 0.3 is 11.9 Å². The van der Waals surface area contributed by atoms with E-state index in [0.29, 0.717) is 4.31 Å². The zero-order valence-electron chi connectivity index (χ0n) is 26.5. The molecule has 0 saturated heterocycles. The summed E-state index contributed by atoms with van der Waals surface area (Å²) < 4.78 is 115. The Morgan fingerprint density at radius 1 is 0.725 bits per heavy atom. The van der Waals surface area contributed by atoms with Crippen LogP contribution in [0.1, 0.15) is 32.1 Å². The number of hydrogen-bond acceptors (Lipinski definition) is 12. The number of carbonyl (C=O) groups is 2. The van der Waals surface area contributed by atoms with Gasteiger partial charge in [0, 0.05) is 43.0 Å². The number of carbonyl (C=O) groups excluding carboxylic acids is 2. The molecule has 0 bridgehead atoms. The van der Waals surface area contributed by atoms with Crippen molar-refractivity contribution >= 4 is 89.4 Å². The van der Waals surface area contributed by atoms with E-state index in [0.717, 1.165) is 57.9 Å². The number of benzene rings is 2. The zero-order chi connectivity index (χ0) is 38.7. The molecule has 23 heteroatoms. The number of ether oxygens (including phenoxy) is 2. The normalized spacial score (nSPS) is 10.9. The fraction of sp³-hybridized carbons (Fsp3) is 0.214. The maximum Gasteiger partial charge on any atom is 0.360 e. The third kappa shape index (κ3) is 11.3. The van der Waals surface area contributed by atoms with Crippen LogP contribution in [-0.2, 0) is 41.0 Å². The maximum absolute atomic E-state index is 13.9. The predicted octanol–water partition coefficient (Wildman–Crippen LogP) is 5.35. The van der Waals surface area contributed by atoms with Gasteiger partial charge in [0.15, 0.2) is 23.0 Å². The molecule has 0 spiro atoms. The van der Waals surface area contributed by atoms with E-state index in [1.807, 2.05) is 9.65 Å². The second kappa shape index (κ2) is 19.1. The Morgan fingerprint density at radius 3 is 1.65 bits per heavy atom. The van der Waals surface area contributed by atoms with Crippen LogP contribution in [0.5, 0.6) is 0 Å². The summed E-state index contributed by atoms with van der Waals surface area (Å²) in [6.45, 7) is 0. The van der Waals surface area contributed by atoms with Crippen molar-refractivity contribution in [2.75, 3.05) is 35.2 Å². The van der Waals surface area contributed by atoms with E-state index in [1.165, 1.54) is 12.4 Å². The Bertz CT molecular complexity index is 2120. The molecule has 1 N–H and O–H groups in total. The van der Waals surface area contributed by atoms with E-state index >= 15 is 0 Å². The monoisotopic (exact) mass is 910 g/mol. The lowest BCUT2D eigenvalue weighted by Gasteiger charge is -2.20. The van der Waals surface area contributed by atoms with Gasteiger partial charge in [-0.1, -0.05) is 45.8 Å². The first kappa shape index (κ1) is 43.2. The van der Waals surface area contributed by atoms with Gasteiger partial charge in [0.25, 0.3) is 0 Å². The van der Waals surface area contributed by atoms with Gasteiger partial charge < -0.3 is 9.47 Å². The average Bonchev–Trinajstić information content (AvgIpc) is 3.12. The molecule has 0 unspecified atom stereocenters. The lowest BCUT2D eigenvalue weighted by atomic mass is 10.2. The number of anilines is 2. The van der Waals surface area contributed by atoms with Gasteiger partial charge in [-0.25, -0.2) is 63.9 Å². The summed E-state index contributed by atoms with van der Waals surface area (Å²) in [6.07, 6.45) is 4.65. The average molecular weight is 911 g/mol. The third-order valence-electron chi connectivity index (χ3n) is 6.04. The first-order valence-electron chi connectivity index (χ1n) is 13.3. The van der Waals surface area contributed by atoms with Crippen LogP contribution in [0.15, 0.2) is 49.1 Å². The van der Waals surface area contributed by atoms with E-state index < -0.39 is 93.7 Å². The molecule has 0 aliphatic carbocycles. The molecule has 2 heterocycles. The van der Waals surface area contributed by atoms with Crippen molar-refractivity contribution in [3.05, 3.63) is 105 Å². The minimum absolute atomic E-state index is 0.317. The van der Waals surface area contributed by atoms with Crippen LogP contribution in [0.3, 0.4) is 0 Å². The number of rotatable bonds is 10. The van der Waals surface area contributed by atoms with Gasteiger partial charge in [0.05, 0.1) is 35.8 Å². The van der Waals surface area contributed by atoms with Crippen LogP contribution in [0, 0.1) is 23.3 Å². The van der Waals surface area contributed by atoms with Gasteiger partial charge in [-0.05, 0) is 29.2 Å². The van der Waals surface area contributed by atoms with Gasteiger partial charge in [-0.2, -0.15) is 0 Å². The number of esters is 2. The Balaban J connectivity index is 0.000000337. The molecular formula is C28H25Cl2F4IN6O8S2. The summed E-state index contributed by atoms with van der Waals surface area (Å²) in [4.78, 5) is 40.1. The molecule has 276 valence electrons. The molecule has 2 aromatic carbocycles. The summed E-state index contributed by atoms with van der Waals surface area (Å²) >= 11 is 13.4. The van der Waals surface area contributed by atoms with Gasteiger partial charge in [-0.15, -0.1) is 0 Å².